The maximum Gasteiger partial charge on any atom is 0.280 e. The Morgan fingerprint density at radius 1 is 1.20 bits per heavy atom. The molecular formula is C17H24F2N6. The van der Waals surface area contributed by atoms with Gasteiger partial charge < -0.3 is 16.0 Å². The highest BCUT2D eigenvalue weighted by Gasteiger charge is 2.20. The maximum absolute atomic E-state index is 13.1. The lowest BCUT2D eigenvalue weighted by Crippen LogP contribution is -2.35. The molecule has 0 unspecified atom stereocenters. The molecule has 3 rings (SSSR count). The van der Waals surface area contributed by atoms with E-state index in [1.54, 1.807) is 6.20 Å². The highest BCUT2D eigenvalue weighted by molar-refractivity contribution is 5.89. The lowest BCUT2D eigenvalue weighted by molar-refractivity contribution is 0.146. The van der Waals surface area contributed by atoms with Crippen molar-refractivity contribution in [2.24, 2.45) is 0 Å². The summed E-state index contributed by atoms with van der Waals surface area (Å²) in [6, 6.07) is 1.66. The second-order valence-electron chi connectivity index (χ2n) is 7.37. The molecule has 8 heteroatoms. The van der Waals surface area contributed by atoms with Crippen molar-refractivity contribution in [1.82, 2.24) is 20.3 Å². The molecular weight excluding hydrogens is 326 g/mol. The summed E-state index contributed by atoms with van der Waals surface area (Å²) in [6.07, 6.45) is 0.929. The predicted octanol–water partition coefficient (Wildman–Crippen LogP) is 3.34. The van der Waals surface area contributed by atoms with Crippen molar-refractivity contribution in [1.29, 1.82) is 0 Å². The second-order valence-corrected chi connectivity index (χ2v) is 7.37. The van der Waals surface area contributed by atoms with Crippen LogP contribution < -0.4 is 16.0 Å². The normalized spacial score (nSPS) is 16.4. The fraction of sp³-hybridized carbons (Fsp3) is 0.588. The molecule has 6 nitrogen and oxygen atoms in total. The standard InChI is InChI=1S/C17H24F2N6/c1-17(2,3)25-15-13-10(8-12(23-15)14(18)19)9-21-16(24-13)22-11-4-6-20-7-5-11/h8-9,11,14,20H,4-7H2,1-3H3,(H,23,25)(H,21,22,24). The molecule has 25 heavy (non-hydrogen) atoms. The Hall–Kier alpha value is -2.09. The van der Waals surface area contributed by atoms with Crippen LogP contribution in [0, 0.1) is 0 Å². The van der Waals surface area contributed by atoms with E-state index in [0.717, 1.165) is 25.9 Å². The minimum absolute atomic E-state index is 0.276. The summed E-state index contributed by atoms with van der Waals surface area (Å²) >= 11 is 0. The first kappa shape index (κ1) is 17.7. The molecule has 0 aromatic carbocycles. The summed E-state index contributed by atoms with van der Waals surface area (Å²) in [7, 11) is 0. The lowest BCUT2D eigenvalue weighted by atomic mass is 10.1. The Morgan fingerprint density at radius 2 is 1.92 bits per heavy atom. The van der Waals surface area contributed by atoms with Crippen molar-refractivity contribution < 1.29 is 8.78 Å². The average Bonchev–Trinajstić information content (AvgIpc) is 2.54. The Labute approximate surface area is 145 Å². The average molecular weight is 350 g/mol. The molecule has 3 heterocycles. The predicted molar refractivity (Wildman–Crippen MR) is 95.2 cm³/mol. The first-order valence-corrected chi connectivity index (χ1v) is 8.53. The molecule has 0 radical (unpaired) electrons. The van der Waals surface area contributed by atoms with Crippen molar-refractivity contribution >= 4 is 22.7 Å². The van der Waals surface area contributed by atoms with Gasteiger partial charge in [0.2, 0.25) is 5.95 Å². The van der Waals surface area contributed by atoms with E-state index in [4.69, 9.17) is 0 Å². The van der Waals surface area contributed by atoms with E-state index in [9.17, 15) is 8.78 Å². The molecule has 0 atom stereocenters. The van der Waals surface area contributed by atoms with Gasteiger partial charge in [-0.25, -0.2) is 23.7 Å². The number of nitrogens with zero attached hydrogens (tertiary/aromatic N) is 3. The fourth-order valence-electron chi connectivity index (χ4n) is 2.83. The van der Waals surface area contributed by atoms with E-state index in [2.05, 4.69) is 30.9 Å². The number of anilines is 2. The van der Waals surface area contributed by atoms with Crippen LogP contribution in [-0.2, 0) is 0 Å². The summed E-state index contributed by atoms with van der Waals surface area (Å²) in [5.41, 5.74) is -0.0541. The van der Waals surface area contributed by atoms with E-state index in [1.807, 2.05) is 20.8 Å². The van der Waals surface area contributed by atoms with Crippen molar-refractivity contribution in [2.75, 3.05) is 23.7 Å². The molecule has 0 spiro atoms. The number of piperidine rings is 1. The Balaban J connectivity index is 1.97. The maximum atomic E-state index is 13.1. The number of nitrogens with one attached hydrogen (secondary N) is 3. The lowest BCUT2D eigenvalue weighted by Gasteiger charge is -2.24. The summed E-state index contributed by atoms with van der Waals surface area (Å²) in [6.45, 7) is 7.77. The quantitative estimate of drug-likeness (QED) is 0.785. The van der Waals surface area contributed by atoms with Crippen molar-refractivity contribution in [3.63, 3.8) is 0 Å². The van der Waals surface area contributed by atoms with Gasteiger partial charge in [0.1, 0.15) is 11.2 Å². The largest absolute Gasteiger partial charge is 0.364 e. The van der Waals surface area contributed by atoms with Gasteiger partial charge in [0, 0.05) is 23.2 Å². The van der Waals surface area contributed by atoms with E-state index < -0.39 is 6.43 Å². The number of hydrogen-bond donors (Lipinski definition) is 3. The molecule has 0 bridgehead atoms. The minimum Gasteiger partial charge on any atom is -0.364 e. The van der Waals surface area contributed by atoms with Gasteiger partial charge in [-0.15, -0.1) is 0 Å². The van der Waals surface area contributed by atoms with Gasteiger partial charge in [0.15, 0.2) is 5.82 Å². The van der Waals surface area contributed by atoms with Crippen LogP contribution in [0.25, 0.3) is 10.9 Å². The SMILES string of the molecule is CC(C)(C)Nc1nc(C(F)F)cc2cnc(NC3CCNCC3)nc12. The third-order valence-corrected chi connectivity index (χ3v) is 3.98. The number of hydrogen-bond acceptors (Lipinski definition) is 6. The first-order chi connectivity index (χ1) is 11.8. The smallest absolute Gasteiger partial charge is 0.280 e. The number of alkyl halides is 2. The van der Waals surface area contributed by atoms with Crippen LogP contribution in [0.2, 0.25) is 0 Å². The summed E-state index contributed by atoms with van der Waals surface area (Å²) < 4.78 is 26.3. The highest BCUT2D eigenvalue weighted by atomic mass is 19.3. The third kappa shape index (κ3) is 4.50. The highest BCUT2D eigenvalue weighted by Crippen LogP contribution is 2.28. The van der Waals surface area contributed by atoms with Crippen LogP contribution in [0.4, 0.5) is 20.5 Å². The van der Waals surface area contributed by atoms with Crippen LogP contribution in [0.5, 0.6) is 0 Å². The van der Waals surface area contributed by atoms with E-state index >= 15 is 0 Å². The number of pyridine rings is 1. The zero-order valence-corrected chi connectivity index (χ0v) is 14.7. The molecule has 136 valence electrons. The molecule has 1 fully saturated rings. The van der Waals surface area contributed by atoms with Crippen LogP contribution in [-0.4, -0.2) is 39.6 Å². The van der Waals surface area contributed by atoms with Gasteiger partial charge in [-0.1, -0.05) is 0 Å². The summed E-state index contributed by atoms with van der Waals surface area (Å²) in [4.78, 5) is 12.9. The summed E-state index contributed by atoms with van der Waals surface area (Å²) in [5.74, 6) is 0.860. The van der Waals surface area contributed by atoms with Gasteiger partial charge >= 0.3 is 0 Å². The van der Waals surface area contributed by atoms with Crippen molar-refractivity contribution in [2.45, 2.75) is 51.6 Å². The molecule has 0 saturated carbocycles. The number of aromatic nitrogens is 3. The monoisotopic (exact) mass is 350 g/mol. The Kier molecular flexibility index (Phi) is 4.99. The second kappa shape index (κ2) is 7.03. The minimum atomic E-state index is -2.64. The topological polar surface area (TPSA) is 74.8 Å². The van der Waals surface area contributed by atoms with Gasteiger partial charge in [-0.2, -0.15) is 0 Å². The number of halogens is 2. The van der Waals surface area contributed by atoms with E-state index in [-0.39, 0.29) is 11.2 Å². The van der Waals surface area contributed by atoms with Gasteiger partial charge in [-0.3, -0.25) is 0 Å². The molecule has 1 aliphatic heterocycles. The Bertz CT molecular complexity index is 738. The van der Waals surface area contributed by atoms with Gasteiger partial charge in [-0.05, 0) is 52.8 Å². The number of rotatable bonds is 4. The molecule has 2 aromatic heterocycles. The summed E-state index contributed by atoms with van der Waals surface area (Å²) in [5, 5.41) is 10.4. The molecule has 2 aromatic rings. The van der Waals surface area contributed by atoms with Crippen molar-refractivity contribution in [3.05, 3.63) is 18.0 Å². The van der Waals surface area contributed by atoms with E-state index in [0.29, 0.717) is 28.7 Å². The van der Waals surface area contributed by atoms with Crippen LogP contribution >= 0.6 is 0 Å². The fourth-order valence-corrected chi connectivity index (χ4v) is 2.83. The first-order valence-electron chi connectivity index (χ1n) is 8.53. The third-order valence-electron chi connectivity index (χ3n) is 3.98. The Morgan fingerprint density at radius 3 is 2.56 bits per heavy atom. The number of fused-ring (bicyclic) bond motifs is 1. The zero-order valence-electron chi connectivity index (χ0n) is 14.7. The van der Waals surface area contributed by atoms with E-state index in [1.165, 1.54) is 6.07 Å². The van der Waals surface area contributed by atoms with Crippen molar-refractivity contribution in [3.8, 4) is 0 Å². The molecule has 0 aliphatic carbocycles. The van der Waals surface area contributed by atoms with Crippen LogP contribution in [0.15, 0.2) is 12.3 Å². The van der Waals surface area contributed by atoms with Gasteiger partial charge in [0.05, 0.1) is 0 Å². The van der Waals surface area contributed by atoms with Crippen LogP contribution in [0.3, 0.4) is 0 Å². The molecule has 1 saturated heterocycles. The zero-order chi connectivity index (χ0) is 18.0. The molecule has 1 aliphatic rings. The van der Waals surface area contributed by atoms with Gasteiger partial charge in [0.25, 0.3) is 6.43 Å². The van der Waals surface area contributed by atoms with Crippen LogP contribution in [0.1, 0.15) is 45.7 Å². The molecule has 0 amide bonds. The molecule has 3 N–H and O–H groups in total.